The summed E-state index contributed by atoms with van der Waals surface area (Å²) >= 11 is 0. The first-order valence-corrected chi connectivity index (χ1v) is 11.1. The standard InChI is InChI=1S/C27H28N2O4/c30-25(17-8-18-26(31)33-19-9-12-21-10-3-1-4-11-21)28-23-15-7-16-24(20-23)29-27(32)22-13-5-2-6-14-22/h1-7,10-11,13-16,20H,8-9,12,17-19H2,(H,28,30)(H,29,32). The number of aryl methyl sites for hydroxylation is 1. The van der Waals surface area contributed by atoms with E-state index in [1.54, 1.807) is 48.5 Å². The molecule has 0 saturated heterocycles. The van der Waals surface area contributed by atoms with Crippen molar-refractivity contribution in [2.45, 2.75) is 32.1 Å². The van der Waals surface area contributed by atoms with Gasteiger partial charge in [0.1, 0.15) is 0 Å². The number of carbonyl (C=O) groups is 3. The second-order valence-corrected chi connectivity index (χ2v) is 7.61. The molecule has 33 heavy (non-hydrogen) atoms. The van der Waals surface area contributed by atoms with E-state index in [1.165, 1.54) is 5.56 Å². The maximum atomic E-state index is 12.3. The highest BCUT2D eigenvalue weighted by molar-refractivity contribution is 6.04. The molecule has 0 aliphatic rings. The highest BCUT2D eigenvalue weighted by Gasteiger charge is 2.09. The average Bonchev–Trinajstić information content (AvgIpc) is 2.83. The first kappa shape index (κ1) is 23.7. The fourth-order valence-electron chi connectivity index (χ4n) is 3.26. The molecule has 0 fully saturated rings. The molecule has 0 atom stereocenters. The third kappa shape index (κ3) is 8.61. The lowest BCUT2D eigenvalue weighted by Gasteiger charge is -2.09. The Kier molecular flexibility index (Phi) is 9.21. The van der Waals surface area contributed by atoms with Crippen molar-refractivity contribution in [3.05, 3.63) is 96.1 Å². The molecular weight excluding hydrogens is 416 g/mol. The molecule has 2 N–H and O–H groups in total. The largest absolute Gasteiger partial charge is 0.466 e. The first-order valence-electron chi connectivity index (χ1n) is 11.1. The summed E-state index contributed by atoms with van der Waals surface area (Å²) in [5, 5.41) is 5.61. The second-order valence-electron chi connectivity index (χ2n) is 7.61. The van der Waals surface area contributed by atoms with Crippen LogP contribution in [0.4, 0.5) is 11.4 Å². The van der Waals surface area contributed by atoms with Gasteiger partial charge in [0.2, 0.25) is 5.91 Å². The average molecular weight is 445 g/mol. The molecule has 0 unspecified atom stereocenters. The Balaban J connectivity index is 1.33. The van der Waals surface area contributed by atoms with Crippen LogP contribution in [0, 0.1) is 0 Å². The number of hydrogen-bond donors (Lipinski definition) is 2. The molecule has 0 heterocycles. The van der Waals surface area contributed by atoms with Gasteiger partial charge in [0.15, 0.2) is 0 Å². The third-order valence-corrected chi connectivity index (χ3v) is 4.94. The van der Waals surface area contributed by atoms with Crippen LogP contribution in [-0.2, 0) is 20.7 Å². The Morgan fingerprint density at radius 2 is 1.36 bits per heavy atom. The predicted molar refractivity (Wildman–Crippen MR) is 129 cm³/mol. The van der Waals surface area contributed by atoms with E-state index in [0.29, 0.717) is 30.0 Å². The van der Waals surface area contributed by atoms with Crippen LogP contribution in [0.3, 0.4) is 0 Å². The van der Waals surface area contributed by atoms with E-state index in [-0.39, 0.29) is 30.6 Å². The highest BCUT2D eigenvalue weighted by atomic mass is 16.5. The zero-order valence-electron chi connectivity index (χ0n) is 18.5. The number of amides is 2. The van der Waals surface area contributed by atoms with Crippen molar-refractivity contribution in [3.63, 3.8) is 0 Å². The van der Waals surface area contributed by atoms with E-state index in [4.69, 9.17) is 4.74 Å². The molecule has 0 bridgehead atoms. The van der Waals surface area contributed by atoms with Crippen LogP contribution in [-0.4, -0.2) is 24.4 Å². The monoisotopic (exact) mass is 444 g/mol. The van der Waals surface area contributed by atoms with Crippen LogP contribution in [0.1, 0.15) is 41.6 Å². The van der Waals surface area contributed by atoms with Gasteiger partial charge in [0.05, 0.1) is 6.61 Å². The van der Waals surface area contributed by atoms with Gasteiger partial charge in [0.25, 0.3) is 5.91 Å². The van der Waals surface area contributed by atoms with E-state index in [2.05, 4.69) is 10.6 Å². The Labute approximate surface area is 194 Å². The van der Waals surface area contributed by atoms with Crippen LogP contribution in [0.5, 0.6) is 0 Å². The van der Waals surface area contributed by atoms with Gasteiger partial charge in [-0.3, -0.25) is 14.4 Å². The number of benzene rings is 3. The molecular formula is C27H28N2O4. The summed E-state index contributed by atoms with van der Waals surface area (Å²) in [7, 11) is 0. The summed E-state index contributed by atoms with van der Waals surface area (Å²) in [6, 6.07) is 25.9. The Morgan fingerprint density at radius 1 is 0.697 bits per heavy atom. The van der Waals surface area contributed by atoms with Crippen molar-refractivity contribution in [1.82, 2.24) is 0 Å². The second kappa shape index (κ2) is 12.8. The van der Waals surface area contributed by atoms with E-state index in [1.807, 2.05) is 36.4 Å². The molecule has 170 valence electrons. The SMILES string of the molecule is O=C(CCCC(=O)OCCCc1ccccc1)Nc1cccc(NC(=O)c2ccccc2)c1. The van der Waals surface area contributed by atoms with Gasteiger partial charge in [-0.25, -0.2) is 0 Å². The van der Waals surface area contributed by atoms with Gasteiger partial charge in [-0.15, -0.1) is 0 Å². The van der Waals surface area contributed by atoms with Crippen molar-refractivity contribution in [2.75, 3.05) is 17.2 Å². The Bertz CT molecular complexity index is 1050. The number of rotatable bonds is 11. The van der Waals surface area contributed by atoms with Crippen LogP contribution in [0.2, 0.25) is 0 Å². The normalized spacial score (nSPS) is 10.3. The number of anilines is 2. The lowest BCUT2D eigenvalue weighted by atomic mass is 10.1. The van der Waals surface area contributed by atoms with Crippen molar-refractivity contribution in [2.24, 2.45) is 0 Å². The molecule has 0 aliphatic heterocycles. The minimum absolute atomic E-state index is 0.196. The summed E-state index contributed by atoms with van der Waals surface area (Å²) in [6.07, 6.45) is 2.45. The summed E-state index contributed by atoms with van der Waals surface area (Å²) in [5.41, 5.74) is 2.93. The molecule has 3 aromatic rings. The summed E-state index contributed by atoms with van der Waals surface area (Å²) in [4.78, 5) is 36.4. The van der Waals surface area contributed by atoms with Crippen molar-refractivity contribution >= 4 is 29.2 Å². The fraction of sp³-hybridized carbons (Fsp3) is 0.222. The Morgan fingerprint density at radius 3 is 2.09 bits per heavy atom. The van der Waals surface area contributed by atoms with E-state index in [9.17, 15) is 14.4 Å². The summed E-state index contributed by atoms with van der Waals surface area (Å²) in [5.74, 6) is -0.707. The smallest absolute Gasteiger partial charge is 0.305 e. The molecule has 0 aromatic heterocycles. The molecule has 0 radical (unpaired) electrons. The number of hydrogen-bond acceptors (Lipinski definition) is 4. The minimum Gasteiger partial charge on any atom is -0.466 e. The van der Waals surface area contributed by atoms with Crippen molar-refractivity contribution < 1.29 is 19.1 Å². The molecule has 0 spiro atoms. The first-order chi connectivity index (χ1) is 16.1. The lowest BCUT2D eigenvalue weighted by Crippen LogP contribution is -2.14. The predicted octanol–water partition coefficient (Wildman–Crippen LogP) is 5.22. The highest BCUT2D eigenvalue weighted by Crippen LogP contribution is 2.17. The summed E-state index contributed by atoms with van der Waals surface area (Å²) in [6.45, 7) is 0.376. The van der Waals surface area contributed by atoms with Gasteiger partial charge in [0, 0.05) is 29.8 Å². The van der Waals surface area contributed by atoms with Crippen molar-refractivity contribution in [3.8, 4) is 0 Å². The zero-order valence-corrected chi connectivity index (χ0v) is 18.5. The molecule has 2 amide bonds. The van der Waals surface area contributed by atoms with Gasteiger partial charge in [-0.1, -0.05) is 54.6 Å². The van der Waals surface area contributed by atoms with Gasteiger partial charge in [-0.2, -0.15) is 0 Å². The molecule has 6 nitrogen and oxygen atoms in total. The quantitative estimate of drug-likeness (QED) is 0.314. The van der Waals surface area contributed by atoms with Gasteiger partial charge < -0.3 is 15.4 Å². The number of ether oxygens (including phenoxy) is 1. The topological polar surface area (TPSA) is 84.5 Å². The van der Waals surface area contributed by atoms with E-state index >= 15 is 0 Å². The van der Waals surface area contributed by atoms with E-state index < -0.39 is 0 Å². The molecule has 3 rings (SSSR count). The van der Waals surface area contributed by atoms with Crippen LogP contribution < -0.4 is 10.6 Å². The fourth-order valence-corrected chi connectivity index (χ4v) is 3.26. The minimum atomic E-state index is -0.290. The molecule has 3 aromatic carbocycles. The number of nitrogens with one attached hydrogen (secondary N) is 2. The molecule has 6 heteroatoms. The van der Waals surface area contributed by atoms with Crippen LogP contribution in [0.15, 0.2) is 84.9 Å². The van der Waals surface area contributed by atoms with Gasteiger partial charge in [-0.05, 0) is 55.2 Å². The van der Waals surface area contributed by atoms with E-state index in [0.717, 1.165) is 12.8 Å². The lowest BCUT2D eigenvalue weighted by molar-refractivity contribution is -0.143. The zero-order chi connectivity index (χ0) is 23.3. The number of carbonyl (C=O) groups excluding carboxylic acids is 3. The maximum absolute atomic E-state index is 12.3. The third-order valence-electron chi connectivity index (χ3n) is 4.94. The van der Waals surface area contributed by atoms with Crippen LogP contribution >= 0.6 is 0 Å². The van der Waals surface area contributed by atoms with Crippen molar-refractivity contribution in [1.29, 1.82) is 0 Å². The van der Waals surface area contributed by atoms with Crippen LogP contribution in [0.25, 0.3) is 0 Å². The summed E-state index contributed by atoms with van der Waals surface area (Å²) < 4.78 is 5.24. The molecule has 0 saturated carbocycles. The number of esters is 1. The Hall–Kier alpha value is -3.93. The molecule has 0 aliphatic carbocycles. The van der Waals surface area contributed by atoms with Gasteiger partial charge >= 0.3 is 5.97 Å². The maximum Gasteiger partial charge on any atom is 0.305 e.